The zero-order chi connectivity index (χ0) is 24.4. The number of nitrogens with zero attached hydrogens (tertiary/aromatic N) is 2. The number of aromatic nitrogens is 1. The van der Waals surface area contributed by atoms with Crippen LogP contribution in [0.5, 0.6) is 11.5 Å². The first-order valence-electron chi connectivity index (χ1n) is 10.9. The highest BCUT2D eigenvalue weighted by atomic mass is 32.1. The minimum absolute atomic E-state index is 0.232. The molecule has 8 heteroatoms. The largest absolute Gasteiger partial charge is 0.493 e. The molecule has 0 fully saturated rings. The maximum absolute atomic E-state index is 13.7. The molecule has 0 spiro atoms. The normalized spacial score (nSPS) is 15.6. The molecule has 0 saturated carbocycles. The summed E-state index contributed by atoms with van der Waals surface area (Å²) in [7, 11) is 3.12. The number of allylic oxidation sites excluding steroid dienone is 1. The Morgan fingerprint density at radius 1 is 1.12 bits per heavy atom. The van der Waals surface area contributed by atoms with E-state index in [-0.39, 0.29) is 12.2 Å². The van der Waals surface area contributed by atoms with Gasteiger partial charge < -0.3 is 14.2 Å². The molecule has 0 bridgehead atoms. The molecule has 0 aliphatic carbocycles. The van der Waals surface area contributed by atoms with Crippen LogP contribution in [0.2, 0.25) is 0 Å². The van der Waals surface area contributed by atoms with Crippen LogP contribution in [0.3, 0.4) is 0 Å². The third-order valence-corrected chi connectivity index (χ3v) is 6.61. The zero-order valence-electron chi connectivity index (χ0n) is 19.7. The molecule has 0 N–H and O–H groups in total. The van der Waals surface area contributed by atoms with E-state index in [4.69, 9.17) is 14.2 Å². The summed E-state index contributed by atoms with van der Waals surface area (Å²) in [6.45, 7) is 5.75. The van der Waals surface area contributed by atoms with Crippen molar-refractivity contribution in [3.63, 3.8) is 0 Å². The van der Waals surface area contributed by atoms with Crippen LogP contribution in [0.4, 0.5) is 0 Å². The fourth-order valence-electron chi connectivity index (χ4n) is 4.02. The predicted molar refractivity (Wildman–Crippen MR) is 131 cm³/mol. The standard InChI is InChI=1S/C26H26N2O5S/c1-6-33-25(30)21-16(3)27-26-28(22(21)17-12-10-15(2)11-13-17)24(29)20(34-26)14-18-8-7-9-19(31-4)23(18)32-5/h7-14,22H,6H2,1-5H3/b20-14+/t22-/m1/s1. The van der Waals surface area contributed by atoms with Gasteiger partial charge in [0.25, 0.3) is 5.56 Å². The van der Waals surface area contributed by atoms with Gasteiger partial charge in [-0.15, -0.1) is 0 Å². The second-order valence-corrected chi connectivity index (χ2v) is 8.80. The summed E-state index contributed by atoms with van der Waals surface area (Å²) in [6, 6.07) is 12.6. The van der Waals surface area contributed by atoms with Crippen molar-refractivity contribution < 1.29 is 19.0 Å². The van der Waals surface area contributed by atoms with E-state index in [1.807, 2.05) is 43.3 Å². The van der Waals surface area contributed by atoms with E-state index in [1.54, 1.807) is 44.8 Å². The second-order valence-electron chi connectivity index (χ2n) is 7.80. The lowest BCUT2D eigenvalue weighted by Gasteiger charge is -2.24. The van der Waals surface area contributed by atoms with E-state index in [9.17, 15) is 9.59 Å². The number of carbonyl (C=O) groups excluding carboxylic acids is 1. The molecule has 176 valence electrons. The molecule has 0 saturated heterocycles. The van der Waals surface area contributed by atoms with Crippen molar-refractivity contribution in [3.8, 4) is 11.5 Å². The third-order valence-electron chi connectivity index (χ3n) is 5.63. The number of benzene rings is 2. The Hall–Kier alpha value is -3.65. The number of rotatable bonds is 6. The minimum Gasteiger partial charge on any atom is -0.493 e. The Balaban J connectivity index is 1.97. The van der Waals surface area contributed by atoms with Crippen LogP contribution in [-0.2, 0) is 9.53 Å². The molecule has 4 rings (SSSR count). The van der Waals surface area contributed by atoms with Crippen LogP contribution in [0.25, 0.3) is 6.08 Å². The highest BCUT2D eigenvalue weighted by molar-refractivity contribution is 7.07. The lowest BCUT2D eigenvalue weighted by molar-refractivity contribution is -0.139. The summed E-state index contributed by atoms with van der Waals surface area (Å²) in [4.78, 5) is 31.8. The molecule has 1 aliphatic heterocycles. The van der Waals surface area contributed by atoms with Crippen molar-refractivity contribution in [1.29, 1.82) is 0 Å². The van der Waals surface area contributed by atoms with Crippen molar-refractivity contribution >= 4 is 23.4 Å². The van der Waals surface area contributed by atoms with Gasteiger partial charge in [-0.1, -0.05) is 53.3 Å². The number of ether oxygens (including phenoxy) is 3. The van der Waals surface area contributed by atoms with Gasteiger partial charge >= 0.3 is 5.97 Å². The summed E-state index contributed by atoms with van der Waals surface area (Å²) >= 11 is 1.27. The number of hydrogen-bond donors (Lipinski definition) is 0. The number of hydrogen-bond acceptors (Lipinski definition) is 7. The number of fused-ring (bicyclic) bond motifs is 1. The van der Waals surface area contributed by atoms with Gasteiger partial charge in [-0.25, -0.2) is 9.79 Å². The lowest BCUT2D eigenvalue weighted by Crippen LogP contribution is -2.39. The Labute approximate surface area is 201 Å². The van der Waals surface area contributed by atoms with E-state index in [0.717, 1.165) is 11.1 Å². The van der Waals surface area contributed by atoms with Crippen LogP contribution in [-0.4, -0.2) is 31.4 Å². The summed E-state index contributed by atoms with van der Waals surface area (Å²) in [5.41, 5.74) is 3.27. The van der Waals surface area contributed by atoms with Gasteiger partial charge in [-0.05, 0) is 38.5 Å². The van der Waals surface area contributed by atoms with Crippen molar-refractivity contribution in [2.24, 2.45) is 4.99 Å². The van der Waals surface area contributed by atoms with Gasteiger partial charge in [-0.2, -0.15) is 0 Å². The number of thiazole rings is 1. The Morgan fingerprint density at radius 2 is 1.85 bits per heavy atom. The molecule has 0 amide bonds. The molecule has 2 heterocycles. The molecule has 2 aromatic carbocycles. The van der Waals surface area contributed by atoms with Crippen LogP contribution >= 0.6 is 11.3 Å². The average Bonchev–Trinajstić information content (AvgIpc) is 3.13. The van der Waals surface area contributed by atoms with Gasteiger partial charge in [0.15, 0.2) is 16.3 Å². The minimum atomic E-state index is -0.634. The maximum Gasteiger partial charge on any atom is 0.338 e. The SMILES string of the molecule is CCOC(=O)C1=C(C)N=c2s/c(=C/c3cccc(OC)c3OC)c(=O)n2[C@@H]1c1ccc(C)cc1. The Kier molecular flexibility index (Phi) is 6.70. The Bertz CT molecular complexity index is 1450. The third kappa shape index (κ3) is 4.17. The molecular formula is C26H26N2O5S. The smallest absolute Gasteiger partial charge is 0.338 e. The predicted octanol–water partition coefficient (Wildman–Crippen LogP) is 3.12. The fraction of sp³-hybridized carbons (Fsp3) is 0.269. The molecule has 7 nitrogen and oxygen atoms in total. The first-order valence-corrected chi connectivity index (χ1v) is 11.7. The monoisotopic (exact) mass is 478 g/mol. The fourth-order valence-corrected chi connectivity index (χ4v) is 5.06. The van der Waals surface area contributed by atoms with Gasteiger partial charge in [0.1, 0.15) is 0 Å². The topological polar surface area (TPSA) is 79.1 Å². The molecule has 3 aromatic rings. The highest BCUT2D eigenvalue weighted by Crippen LogP contribution is 2.32. The van der Waals surface area contributed by atoms with Crippen molar-refractivity contribution in [3.05, 3.63) is 90.1 Å². The first kappa shape index (κ1) is 23.5. The summed E-state index contributed by atoms with van der Waals surface area (Å²) in [6.07, 6.45) is 1.76. The molecule has 1 atom stereocenters. The molecule has 34 heavy (non-hydrogen) atoms. The van der Waals surface area contributed by atoms with Crippen LogP contribution < -0.4 is 24.4 Å². The van der Waals surface area contributed by atoms with E-state index < -0.39 is 12.0 Å². The highest BCUT2D eigenvalue weighted by Gasteiger charge is 2.33. The van der Waals surface area contributed by atoms with Crippen molar-refractivity contribution in [2.45, 2.75) is 26.8 Å². The number of para-hydroxylation sites is 1. The second kappa shape index (κ2) is 9.69. The quantitative estimate of drug-likeness (QED) is 0.509. The number of methoxy groups -OCH3 is 2. The van der Waals surface area contributed by atoms with Gasteiger partial charge in [-0.3, -0.25) is 9.36 Å². The van der Waals surface area contributed by atoms with Crippen LogP contribution in [0, 0.1) is 6.92 Å². The number of aryl methyl sites for hydroxylation is 1. The van der Waals surface area contributed by atoms with E-state index in [0.29, 0.717) is 37.7 Å². The van der Waals surface area contributed by atoms with Crippen molar-refractivity contribution in [1.82, 2.24) is 4.57 Å². The van der Waals surface area contributed by atoms with E-state index in [2.05, 4.69) is 4.99 Å². The lowest BCUT2D eigenvalue weighted by atomic mass is 9.95. The summed E-state index contributed by atoms with van der Waals surface area (Å²) in [5.74, 6) is 0.634. The van der Waals surface area contributed by atoms with Crippen LogP contribution in [0.1, 0.15) is 36.6 Å². The molecule has 0 unspecified atom stereocenters. The first-order chi connectivity index (χ1) is 16.4. The summed E-state index contributed by atoms with van der Waals surface area (Å²) in [5, 5.41) is 0. The number of carbonyl (C=O) groups is 1. The summed E-state index contributed by atoms with van der Waals surface area (Å²) < 4.78 is 18.3. The molecule has 0 radical (unpaired) electrons. The molecule has 1 aliphatic rings. The van der Waals surface area contributed by atoms with Gasteiger partial charge in [0.05, 0.1) is 42.7 Å². The zero-order valence-corrected chi connectivity index (χ0v) is 20.6. The van der Waals surface area contributed by atoms with Crippen molar-refractivity contribution in [2.75, 3.05) is 20.8 Å². The molecular weight excluding hydrogens is 452 g/mol. The number of esters is 1. The van der Waals surface area contributed by atoms with E-state index >= 15 is 0 Å². The van der Waals surface area contributed by atoms with E-state index in [1.165, 1.54) is 11.3 Å². The van der Waals surface area contributed by atoms with Crippen LogP contribution in [0.15, 0.2) is 63.5 Å². The maximum atomic E-state index is 13.7. The Morgan fingerprint density at radius 3 is 2.50 bits per heavy atom. The van der Waals surface area contributed by atoms with Gasteiger partial charge in [0, 0.05) is 5.56 Å². The molecule has 1 aromatic heterocycles. The van der Waals surface area contributed by atoms with Gasteiger partial charge in [0.2, 0.25) is 0 Å². The average molecular weight is 479 g/mol.